The van der Waals surface area contributed by atoms with E-state index in [0.717, 1.165) is 28.4 Å². The van der Waals surface area contributed by atoms with Gasteiger partial charge in [0.2, 0.25) is 0 Å². The number of aryl methyl sites for hydroxylation is 1. The zero-order valence-electron chi connectivity index (χ0n) is 9.23. The van der Waals surface area contributed by atoms with Gasteiger partial charge in [0.25, 0.3) is 5.89 Å². The molecule has 1 heterocycles. The summed E-state index contributed by atoms with van der Waals surface area (Å²) in [5.74, 6) is 2.03. The number of anilines is 1. The van der Waals surface area contributed by atoms with Crippen molar-refractivity contribution in [3.63, 3.8) is 0 Å². The quantitative estimate of drug-likeness (QED) is 0.828. The van der Waals surface area contributed by atoms with Gasteiger partial charge in [-0.2, -0.15) is 16.7 Å². The molecule has 0 radical (unpaired) electrons. The predicted octanol–water partition coefficient (Wildman–Crippen LogP) is 2.49. The van der Waals surface area contributed by atoms with Crippen molar-refractivity contribution in [2.24, 2.45) is 0 Å². The largest absolute Gasteiger partial charge is 0.399 e. The summed E-state index contributed by atoms with van der Waals surface area (Å²) in [6.45, 7) is 1.96. The van der Waals surface area contributed by atoms with Crippen molar-refractivity contribution in [3.8, 4) is 11.5 Å². The molecule has 16 heavy (non-hydrogen) atoms. The molecule has 1 aromatic carbocycles. The van der Waals surface area contributed by atoms with E-state index < -0.39 is 0 Å². The number of nitrogen functional groups attached to an aromatic ring is 1. The van der Waals surface area contributed by atoms with E-state index in [-0.39, 0.29) is 0 Å². The number of benzene rings is 1. The van der Waals surface area contributed by atoms with Crippen LogP contribution in [0, 0.1) is 6.92 Å². The van der Waals surface area contributed by atoms with Crippen molar-refractivity contribution in [1.29, 1.82) is 0 Å². The van der Waals surface area contributed by atoms with Crippen LogP contribution < -0.4 is 5.73 Å². The summed E-state index contributed by atoms with van der Waals surface area (Å²) in [5.41, 5.74) is 8.45. The Morgan fingerprint density at radius 3 is 2.94 bits per heavy atom. The molecule has 0 bridgehead atoms. The van der Waals surface area contributed by atoms with Gasteiger partial charge in [0.1, 0.15) is 0 Å². The van der Waals surface area contributed by atoms with Gasteiger partial charge in [-0.3, -0.25) is 0 Å². The normalized spacial score (nSPS) is 10.6. The highest BCUT2D eigenvalue weighted by atomic mass is 32.2. The summed E-state index contributed by atoms with van der Waals surface area (Å²) < 4.78 is 5.18. The van der Waals surface area contributed by atoms with E-state index in [2.05, 4.69) is 10.1 Å². The van der Waals surface area contributed by atoms with E-state index in [1.165, 1.54) is 0 Å². The molecule has 0 spiro atoms. The van der Waals surface area contributed by atoms with Gasteiger partial charge < -0.3 is 10.3 Å². The molecule has 0 atom stereocenters. The first kappa shape index (κ1) is 11.0. The molecular formula is C11H13N3OS. The Hall–Kier alpha value is -1.49. The van der Waals surface area contributed by atoms with Crippen molar-refractivity contribution in [2.45, 2.75) is 12.7 Å². The summed E-state index contributed by atoms with van der Waals surface area (Å²) in [7, 11) is 0. The first-order valence-electron chi connectivity index (χ1n) is 4.88. The maximum absolute atomic E-state index is 5.75. The Morgan fingerprint density at radius 1 is 1.44 bits per heavy atom. The second kappa shape index (κ2) is 4.57. The number of hydrogen-bond donors (Lipinski definition) is 1. The summed E-state index contributed by atoms with van der Waals surface area (Å²) >= 11 is 1.66. The van der Waals surface area contributed by atoms with Crippen molar-refractivity contribution >= 4 is 17.4 Å². The van der Waals surface area contributed by atoms with Crippen LogP contribution in [-0.2, 0) is 5.75 Å². The molecule has 2 N–H and O–H groups in total. The Bertz CT molecular complexity index is 496. The number of rotatable bonds is 3. The number of nitrogens with zero attached hydrogens (tertiary/aromatic N) is 2. The monoisotopic (exact) mass is 235 g/mol. The SMILES string of the molecule is CSCc1noc(-c2ccc(N)c(C)c2)n1. The van der Waals surface area contributed by atoms with Crippen LogP contribution in [0.3, 0.4) is 0 Å². The van der Waals surface area contributed by atoms with Gasteiger partial charge in [-0.1, -0.05) is 5.16 Å². The Labute approximate surface area is 98.2 Å². The average Bonchev–Trinajstić information content (AvgIpc) is 2.71. The minimum absolute atomic E-state index is 0.548. The zero-order valence-corrected chi connectivity index (χ0v) is 10.0. The molecule has 84 valence electrons. The van der Waals surface area contributed by atoms with Crippen molar-refractivity contribution in [1.82, 2.24) is 10.1 Å². The number of nitrogens with two attached hydrogens (primary N) is 1. The molecule has 0 aliphatic heterocycles. The minimum Gasteiger partial charge on any atom is -0.399 e. The van der Waals surface area contributed by atoms with Crippen LogP contribution in [0.2, 0.25) is 0 Å². The van der Waals surface area contributed by atoms with E-state index in [4.69, 9.17) is 10.3 Å². The molecule has 5 heteroatoms. The van der Waals surface area contributed by atoms with E-state index >= 15 is 0 Å². The van der Waals surface area contributed by atoms with Gasteiger partial charge in [-0.05, 0) is 36.9 Å². The molecule has 4 nitrogen and oxygen atoms in total. The third-order valence-electron chi connectivity index (χ3n) is 2.26. The Morgan fingerprint density at radius 2 is 2.25 bits per heavy atom. The molecule has 0 fully saturated rings. The van der Waals surface area contributed by atoms with Crippen LogP contribution in [0.4, 0.5) is 5.69 Å². The predicted molar refractivity (Wildman–Crippen MR) is 66.1 cm³/mol. The summed E-state index contributed by atoms with van der Waals surface area (Å²) in [5, 5.41) is 3.90. The van der Waals surface area contributed by atoms with E-state index in [0.29, 0.717) is 5.89 Å². The second-order valence-electron chi connectivity index (χ2n) is 3.52. The smallest absolute Gasteiger partial charge is 0.257 e. The Balaban J connectivity index is 2.31. The molecule has 0 saturated heterocycles. The topological polar surface area (TPSA) is 64.9 Å². The second-order valence-corrected chi connectivity index (χ2v) is 4.39. The van der Waals surface area contributed by atoms with E-state index in [9.17, 15) is 0 Å². The van der Waals surface area contributed by atoms with Gasteiger partial charge in [0, 0.05) is 11.3 Å². The number of hydrogen-bond acceptors (Lipinski definition) is 5. The molecule has 0 aliphatic carbocycles. The molecular weight excluding hydrogens is 222 g/mol. The molecule has 0 unspecified atom stereocenters. The van der Waals surface area contributed by atoms with E-state index in [1.807, 2.05) is 31.4 Å². The highest BCUT2D eigenvalue weighted by molar-refractivity contribution is 7.97. The lowest BCUT2D eigenvalue weighted by molar-refractivity contribution is 0.425. The zero-order chi connectivity index (χ0) is 11.5. The first-order valence-corrected chi connectivity index (χ1v) is 6.28. The third-order valence-corrected chi connectivity index (χ3v) is 2.81. The van der Waals surface area contributed by atoms with Crippen LogP contribution >= 0.6 is 11.8 Å². The Kier molecular flexibility index (Phi) is 3.14. The summed E-state index contributed by atoms with van der Waals surface area (Å²) in [6.07, 6.45) is 2.00. The van der Waals surface area contributed by atoms with Gasteiger partial charge in [-0.15, -0.1) is 0 Å². The maximum atomic E-state index is 5.75. The summed E-state index contributed by atoms with van der Waals surface area (Å²) in [6, 6.07) is 5.69. The minimum atomic E-state index is 0.548. The van der Waals surface area contributed by atoms with Gasteiger partial charge >= 0.3 is 0 Å². The van der Waals surface area contributed by atoms with Gasteiger partial charge in [0.05, 0.1) is 5.75 Å². The lowest BCUT2D eigenvalue weighted by Crippen LogP contribution is -1.89. The van der Waals surface area contributed by atoms with Crippen LogP contribution in [0.25, 0.3) is 11.5 Å². The molecule has 0 saturated carbocycles. The van der Waals surface area contributed by atoms with Gasteiger partial charge in [-0.25, -0.2) is 0 Å². The van der Waals surface area contributed by atoms with Gasteiger partial charge in [0.15, 0.2) is 5.82 Å². The summed E-state index contributed by atoms with van der Waals surface area (Å²) in [4.78, 5) is 4.30. The lowest BCUT2D eigenvalue weighted by atomic mass is 10.1. The van der Waals surface area contributed by atoms with Crippen molar-refractivity contribution in [2.75, 3.05) is 12.0 Å². The van der Waals surface area contributed by atoms with Crippen molar-refractivity contribution in [3.05, 3.63) is 29.6 Å². The lowest BCUT2D eigenvalue weighted by Gasteiger charge is -2.00. The highest BCUT2D eigenvalue weighted by Crippen LogP contribution is 2.22. The molecule has 1 aromatic heterocycles. The fraction of sp³-hybridized carbons (Fsp3) is 0.273. The molecule has 0 aliphatic rings. The fourth-order valence-electron chi connectivity index (χ4n) is 1.37. The number of aromatic nitrogens is 2. The fourth-order valence-corrected chi connectivity index (χ4v) is 1.74. The van der Waals surface area contributed by atoms with E-state index in [1.54, 1.807) is 11.8 Å². The van der Waals surface area contributed by atoms with Crippen molar-refractivity contribution < 1.29 is 4.52 Å². The first-order chi connectivity index (χ1) is 7.70. The molecule has 2 aromatic rings. The molecule has 0 amide bonds. The molecule has 2 rings (SSSR count). The van der Waals surface area contributed by atoms with Crippen LogP contribution in [0.1, 0.15) is 11.4 Å². The standard InChI is InChI=1S/C11H13N3OS/c1-7-5-8(3-4-9(7)12)11-13-10(6-16-2)14-15-11/h3-5H,6,12H2,1-2H3. The third kappa shape index (κ3) is 2.19. The van der Waals surface area contributed by atoms with Crippen LogP contribution in [0.5, 0.6) is 0 Å². The van der Waals surface area contributed by atoms with Crippen LogP contribution in [-0.4, -0.2) is 16.4 Å². The highest BCUT2D eigenvalue weighted by Gasteiger charge is 2.08. The van der Waals surface area contributed by atoms with Crippen LogP contribution in [0.15, 0.2) is 22.7 Å². The number of thioether (sulfide) groups is 1. The average molecular weight is 235 g/mol. The maximum Gasteiger partial charge on any atom is 0.257 e.